The fourth-order valence-electron chi connectivity index (χ4n) is 2.75. The van der Waals surface area contributed by atoms with Crippen LogP contribution in [-0.2, 0) is 11.2 Å². The second kappa shape index (κ2) is 6.47. The van der Waals surface area contributed by atoms with Gasteiger partial charge in [0.15, 0.2) is 6.04 Å². The van der Waals surface area contributed by atoms with E-state index in [1.54, 1.807) is 16.2 Å². The molecular weight excluding hydrogens is 288 g/mol. The van der Waals surface area contributed by atoms with Crippen LogP contribution in [0, 0.1) is 5.92 Å². The summed E-state index contributed by atoms with van der Waals surface area (Å²) in [6, 6.07) is 0.806. The first-order chi connectivity index (χ1) is 9.95. The molecule has 0 spiro atoms. The van der Waals surface area contributed by atoms with Gasteiger partial charge in [0.2, 0.25) is 0 Å². The Kier molecular flexibility index (Phi) is 4.88. The van der Waals surface area contributed by atoms with Gasteiger partial charge in [-0.05, 0) is 36.3 Å². The van der Waals surface area contributed by atoms with Crippen molar-refractivity contribution in [2.45, 2.75) is 33.2 Å². The molecule has 116 valence electrons. The molecule has 2 amide bonds. The highest BCUT2D eigenvalue weighted by Crippen LogP contribution is 2.34. The highest BCUT2D eigenvalue weighted by atomic mass is 32.1. The fraction of sp³-hybridized carbons (Fsp3) is 0.600. The van der Waals surface area contributed by atoms with E-state index >= 15 is 0 Å². The lowest BCUT2D eigenvalue weighted by Gasteiger charge is -2.37. The second-order valence-corrected chi connectivity index (χ2v) is 6.70. The predicted octanol–water partition coefficient (Wildman–Crippen LogP) is 2.83. The third-order valence-corrected chi connectivity index (χ3v) is 4.68. The Labute approximate surface area is 129 Å². The third kappa shape index (κ3) is 3.20. The minimum Gasteiger partial charge on any atom is -0.479 e. The highest BCUT2D eigenvalue weighted by Gasteiger charge is 2.38. The Hall–Kier alpha value is -1.56. The number of carbonyl (C=O) groups is 2. The van der Waals surface area contributed by atoms with Crippen LogP contribution in [0.1, 0.15) is 37.3 Å². The van der Waals surface area contributed by atoms with Gasteiger partial charge in [0.25, 0.3) is 0 Å². The van der Waals surface area contributed by atoms with Crippen molar-refractivity contribution in [2.24, 2.45) is 5.92 Å². The number of aliphatic carboxylic acids is 1. The van der Waals surface area contributed by atoms with Crippen molar-refractivity contribution in [2.75, 3.05) is 19.6 Å². The first-order valence-corrected chi connectivity index (χ1v) is 8.18. The Bertz CT molecular complexity index is 527. The molecule has 1 atom stereocenters. The smallest absolute Gasteiger partial charge is 0.331 e. The van der Waals surface area contributed by atoms with Crippen LogP contribution in [0.4, 0.5) is 4.79 Å². The number of fused-ring (bicyclic) bond motifs is 1. The maximum Gasteiger partial charge on any atom is 0.331 e. The zero-order valence-corrected chi connectivity index (χ0v) is 13.5. The molecule has 6 heteroatoms. The average molecular weight is 310 g/mol. The monoisotopic (exact) mass is 310 g/mol. The maximum absolute atomic E-state index is 12.7. The van der Waals surface area contributed by atoms with Crippen LogP contribution in [0.25, 0.3) is 0 Å². The third-order valence-electron chi connectivity index (χ3n) is 3.68. The van der Waals surface area contributed by atoms with Crippen molar-refractivity contribution in [1.82, 2.24) is 9.80 Å². The van der Waals surface area contributed by atoms with Crippen molar-refractivity contribution in [1.29, 1.82) is 0 Å². The van der Waals surface area contributed by atoms with Crippen LogP contribution in [-0.4, -0.2) is 46.5 Å². The normalized spacial score (nSPS) is 17.7. The lowest BCUT2D eigenvalue weighted by Crippen LogP contribution is -2.50. The summed E-state index contributed by atoms with van der Waals surface area (Å²) in [5.41, 5.74) is 0.771. The Morgan fingerprint density at radius 2 is 2.24 bits per heavy atom. The van der Waals surface area contributed by atoms with Crippen molar-refractivity contribution in [3.05, 3.63) is 21.9 Å². The van der Waals surface area contributed by atoms with Crippen LogP contribution in [0.3, 0.4) is 0 Å². The number of carbonyl (C=O) groups excluding carboxylic acids is 1. The van der Waals surface area contributed by atoms with E-state index in [1.165, 1.54) is 4.90 Å². The summed E-state index contributed by atoms with van der Waals surface area (Å²) < 4.78 is 0. The molecule has 21 heavy (non-hydrogen) atoms. The van der Waals surface area contributed by atoms with Crippen LogP contribution in [0.15, 0.2) is 11.4 Å². The minimum atomic E-state index is -0.955. The lowest BCUT2D eigenvalue weighted by atomic mass is 10.0. The van der Waals surface area contributed by atoms with Crippen LogP contribution < -0.4 is 0 Å². The van der Waals surface area contributed by atoms with E-state index in [0.29, 0.717) is 25.6 Å². The summed E-state index contributed by atoms with van der Waals surface area (Å²) in [6.45, 7) is 7.74. The number of carboxylic acid groups (broad SMARTS) is 1. The van der Waals surface area contributed by atoms with Crippen molar-refractivity contribution < 1.29 is 14.7 Å². The summed E-state index contributed by atoms with van der Waals surface area (Å²) in [7, 11) is 0. The number of urea groups is 1. The second-order valence-electron chi connectivity index (χ2n) is 5.70. The van der Waals surface area contributed by atoms with E-state index in [2.05, 4.69) is 13.8 Å². The average Bonchev–Trinajstić information content (AvgIpc) is 2.90. The van der Waals surface area contributed by atoms with Crippen molar-refractivity contribution in [3.8, 4) is 0 Å². The van der Waals surface area contributed by atoms with Crippen molar-refractivity contribution >= 4 is 23.3 Å². The fourth-order valence-corrected chi connectivity index (χ4v) is 3.66. The summed E-state index contributed by atoms with van der Waals surface area (Å²) in [5.74, 6) is -0.595. The number of hydrogen-bond donors (Lipinski definition) is 1. The number of carboxylic acids is 1. The molecule has 5 nitrogen and oxygen atoms in total. The van der Waals surface area contributed by atoms with E-state index < -0.39 is 12.0 Å². The van der Waals surface area contributed by atoms with Crippen LogP contribution in [0.5, 0.6) is 0 Å². The predicted molar refractivity (Wildman–Crippen MR) is 82.6 cm³/mol. The summed E-state index contributed by atoms with van der Waals surface area (Å²) >= 11 is 1.57. The maximum atomic E-state index is 12.7. The van der Waals surface area contributed by atoms with E-state index in [-0.39, 0.29) is 6.03 Å². The molecule has 1 aromatic rings. The quantitative estimate of drug-likeness (QED) is 0.930. The summed E-state index contributed by atoms with van der Waals surface area (Å²) in [6.07, 6.45) is 0.738. The molecule has 1 N–H and O–H groups in total. The Balaban J connectivity index is 2.26. The molecular formula is C15H22N2O3S. The molecule has 0 aliphatic carbocycles. The van der Waals surface area contributed by atoms with Gasteiger partial charge in [-0.1, -0.05) is 13.8 Å². The molecule has 0 saturated heterocycles. The van der Waals surface area contributed by atoms with Gasteiger partial charge in [0.1, 0.15) is 0 Å². The first-order valence-electron chi connectivity index (χ1n) is 7.30. The van der Waals surface area contributed by atoms with Gasteiger partial charge in [-0.25, -0.2) is 9.59 Å². The number of thiophene rings is 1. The molecule has 1 unspecified atom stereocenters. The van der Waals surface area contributed by atoms with Gasteiger partial charge in [0, 0.05) is 24.5 Å². The largest absolute Gasteiger partial charge is 0.479 e. The Morgan fingerprint density at radius 1 is 1.52 bits per heavy atom. The molecule has 1 aliphatic rings. The lowest BCUT2D eigenvalue weighted by molar-refractivity contribution is -0.143. The zero-order valence-electron chi connectivity index (χ0n) is 12.7. The minimum absolute atomic E-state index is 0.171. The highest BCUT2D eigenvalue weighted by molar-refractivity contribution is 7.10. The van der Waals surface area contributed by atoms with Gasteiger partial charge in [-0.3, -0.25) is 0 Å². The first kappa shape index (κ1) is 15.8. The molecule has 0 radical (unpaired) electrons. The molecule has 0 fully saturated rings. The number of amides is 2. The van der Waals surface area contributed by atoms with Gasteiger partial charge in [0.05, 0.1) is 0 Å². The zero-order chi connectivity index (χ0) is 15.6. The van der Waals surface area contributed by atoms with E-state index in [0.717, 1.165) is 16.9 Å². The number of rotatable bonds is 4. The summed E-state index contributed by atoms with van der Waals surface area (Å²) in [4.78, 5) is 28.7. The van der Waals surface area contributed by atoms with Gasteiger partial charge in [-0.2, -0.15) is 0 Å². The molecule has 2 rings (SSSR count). The van der Waals surface area contributed by atoms with Gasteiger partial charge >= 0.3 is 12.0 Å². The number of nitrogens with zero attached hydrogens (tertiary/aromatic N) is 2. The van der Waals surface area contributed by atoms with E-state index in [9.17, 15) is 14.7 Å². The van der Waals surface area contributed by atoms with Gasteiger partial charge in [-0.15, -0.1) is 11.3 Å². The molecule has 0 aromatic carbocycles. The topological polar surface area (TPSA) is 60.9 Å². The Morgan fingerprint density at radius 3 is 2.81 bits per heavy atom. The molecule has 2 heterocycles. The molecule has 1 aromatic heterocycles. The molecule has 0 saturated carbocycles. The molecule has 1 aliphatic heterocycles. The van der Waals surface area contributed by atoms with Gasteiger partial charge < -0.3 is 14.9 Å². The van der Waals surface area contributed by atoms with Crippen LogP contribution in [0.2, 0.25) is 0 Å². The van der Waals surface area contributed by atoms with E-state index in [1.807, 2.05) is 18.4 Å². The molecule has 0 bridgehead atoms. The summed E-state index contributed by atoms with van der Waals surface area (Å²) in [5, 5.41) is 11.5. The number of hydrogen-bond acceptors (Lipinski definition) is 3. The SMILES string of the molecule is CCN(CC(C)C)C(=O)N1CCc2sccc2C1C(=O)O. The standard InChI is InChI=1S/C15H22N2O3S/c1-4-16(9-10(2)3)15(20)17-7-5-12-11(6-8-21-12)13(17)14(18)19/h6,8,10,13H,4-5,7,9H2,1-3H3,(H,18,19). The van der Waals surface area contributed by atoms with Crippen molar-refractivity contribution in [3.63, 3.8) is 0 Å². The van der Waals surface area contributed by atoms with Crippen LogP contribution >= 0.6 is 11.3 Å². The van der Waals surface area contributed by atoms with E-state index in [4.69, 9.17) is 0 Å².